The minimum absolute atomic E-state index is 0.314. The first-order valence-electron chi connectivity index (χ1n) is 8.65. The Kier molecular flexibility index (Phi) is 5.15. The first-order chi connectivity index (χ1) is 14.0. The summed E-state index contributed by atoms with van der Waals surface area (Å²) < 4.78 is 33.6. The van der Waals surface area contributed by atoms with Crippen molar-refractivity contribution in [3.05, 3.63) is 99.8 Å². The zero-order chi connectivity index (χ0) is 20.4. The highest BCUT2D eigenvalue weighted by Gasteiger charge is 2.39. The Morgan fingerprint density at radius 3 is 2.48 bits per heavy atom. The topological polar surface area (TPSA) is 51.2 Å². The van der Waals surface area contributed by atoms with Gasteiger partial charge in [0.25, 0.3) is 0 Å². The van der Waals surface area contributed by atoms with E-state index in [0.717, 1.165) is 17.7 Å². The summed E-state index contributed by atoms with van der Waals surface area (Å²) in [6.45, 7) is 0. The van der Waals surface area contributed by atoms with Crippen LogP contribution in [0.2, 0.25) is 5.02 Å². The van der Waals surface area contributed by atoms with Crippen LogP contribution < -0.4 is 5.32 Å². The van der Waals surface area contributed by atoms with Gasteiger partial charge in [-0.1, -0.05) is 35.6 Å². The van der Waals surface area contributed by atoms with Gasteiger partial charge in [-0.15, -0.1) is 0 Å². The van der Waals surface area contributed by atoms with Crippen molar-refractivity contribution >= 4 is 17.7 Å². The number of rotatable bonds is 2. The summed E-state index contributed by atoms with van der Waals surface area (Å²) in [5.41, 5.74) is 1.50. The van der Waals surface area contributed by atoms with Gasteiger partial charge in [0.1, 0.15) is 17.7 Å². The van der Waals surface area contributed by atoms with Crippen LogP contribution in [0.5, 0.6) is 0 Å². The smallest absolute Gasteiger partial charge is 0.408 e. The van der Waals surface area contributed by atoms with E-state index in [1.165, 1.54) is 12.3 Å². The molecule has 1 aliphatic heterocycles. The number of cyclic esters (lactones) is 1. The molecule has 2 heterocycles. The summed E-state index contributed by atoms with van der Waals surface area (Å²) in [7, 11) is 0. The first kappa shape index (κ1) is 18.9. The second kappa shape index (κ2) is 7.90. The molecule has 7 heteroatoms. The normalized spacial score (nSPS) is 17.8. The molecule has 1 amide bonds. The lowest BCUT2D eigenvalue weighted by Crippen LogP contribution is -2.20. The number of nitrogens with one attached hydrogen (secondary N) is 1. The fraction of sp³-hybridized carbons (Fsp3) is 0.0909. The molecule has 0 bridgehead atoms. The molecule has 1 saturated heterocycles. The van der Waals surface area contributed by atoms with Crippen LogP contribution in [0, 0.1) is 23.5 Å². The second-order valence-corrected chi connectivity index (χ2v) is 6.79. The number of halogens is 3. The van der Waals surface area contributed by atoms with E-state index in [2.05, 4.69) is 22.1 Å². The summed E-state index contributed by atoms with van der Waals surface area (Å²) in [5.74, 6) is 4.36. The molecule has 2 aromatic carbocycles. The van der Waals surface area contributed by atoms with E-state index in [1.54, 1.807) is 30.5 Å². The number of nitrogens with zero attached hydrogens (tertiary/aromatic N) is 1. The summed E-state index contributed by atoms with van der Waals surface area (Å²) in [6.07, 6.45) is 1.12. The predicted octanol–water partition coefficient (Wildman–Crippen LogP) is 4.94. The molecular formula is C22H13ClF2N2O2. The van der Waals surface area contributed by atoms with Crippen molar-refractivity contribution in [2.75, 3.05) is 0 Å². The monoisotopic (exact) mass is 410 g/mol. The first-order valence-corrected chi connectivity index (χ1v) is 9.02. The summed E-state index contributed by atoms with van der Waals surface area (Å²) >= 11 is 5.96. The maximum Gasteiger partial charge on any atom is 0.408 e. The number of amides is 1. The van der Waals surface area contributed by atoms with Crippen LogP contribution in [0.1, 0.15) is 34.4 Å². The Morgan fingerprint density at radius 1 is 1.00 bits per heavy atom. The van der Waals surface area contributed by atoms with Gasteiger partial charge in [0.05, 0.1) is 5.56 Å². The number of aromatic nitrogens is 1. The maximum absolute atomic E-state index is 14.2. The van der Waals surface area contributed by atoms with E-state index in [9.17, 15) is 13.6 Å². The third-order valence-corrected chi connectivity index (χ3v) is 4.62. The van der Waals surface area contributed by atoms with Gasteiger partial charge in [-0.25, -0.2) is 13.6 Å². The molecule has 0 aliphatic carbocycles. The van der Waals surface area contributed by atoms with E-state index in [0.29, 0.717) is 16.1 Å². The predicted molar refractivity (Wildman–Crippen MR) is 103 cm³/mol. The lowest BCUT2D eigenvalue weighted by molar-refractivity contribution is 0.127. The molecule has 0 spiro atoms. The van der Waals surface area contributed by atoms with Gasteiger partial charge in [0.2, 0.25) is 0 Å². The molecule has 1 aliphatic rings. The Balaban J connectivity index is 1.67. The van der Waals surface area contributed by atoms with Crippen LogP contribution in [0.15, 0.2) is 60.9 Å². The van der Waals surface area contributed by atoms with Gasteiger partial charge < -0.3 is 10.1 Å². The fourth-order valence-corrected chi connectivity index (χ4v) is 3.28. The third kappa shape index (κ3) is 4.05. The largest absolute Gasteiger partial charge is 0.439 e. The average Bonchev–Trinajstić information content (AvgIpc) is 3.08. The Labute approximate surface area is 170 Å². The Morgan fingerprint density at radius 2 is 1.72 bits per heavy atom. The summed E-state index contributed by atoms with van der Waals surface area (Å²) in [4.78, 5) is 16.0. The molecule has 0 radical (unpaired) electrons. The number of ether oxygens (including phenoxy) is 1. The van der Waals surface area contributed by atoms with Crippen molar-refractivity contribution in [1.82, 2.24) is 10.3 Å². The van der Waals surface area contributed by atoms with Gasteiger partial charge in [-0.2, -0.15) is 0 Å². The van der Waals surface area contributed by atoms with Crippen LogP contribution in [0.4, 0.5) is 13.6 Å². The molecule has 0 unspecified atom stereocenters. The molecule has 144 valence electrons. The van der Waals surface area contributed by atoms with E-state index in [1.807, 2.05) is 6.07 Å². The van der Waals surface area contributed by atoms with Gasteiger partial charge in [0.15, 0.2) is 6.10 Å². The van der Waals surface area contributed by atoms with Crippen LogP contribution in [-0.4, -0.2) is 11.1 Å². The number of pyridine rings is 1. The molecule has 1 N–H and O–H groups in total. The van der Waals surface area contributed by atoms with Gasteiger partial charge in [0, 0.05) is 28.5 Å². The number of hydrogen-bond acceptors (Lipinski definition) is 3. The van der Waals surface area contributed by atoms with Gasteiger partial charge >= 0.3 is 6.09 Å². The fourth-order valence-electron chi connectivity index (χ4n) is 3.09. The molecule has 29 heavy (non-hydrogen) atoms. The standard InChI is InChI=1S/C22H13ClF2N2O2/c23-16-4-1-3-13(10-16)7-8-14-9-15(12-26-11-14)20-21(29-22(28)27-20)19-17(24)5-2-6-18(19)25/h1-6,9-12,20-21H,(H,27,28)/t20-,21-/m1/s1. The molecule has 1 fully saturated rings. The summed E-state index contributed by atoms with van der Waals surface area (Å²) in [6, 6.07) is 11.5. The minimum atomic E-state index is -1.17. The highest BCUT2D eigenvalue weighted by molar-refractivity contribution is 6.30. The quantitative estimate of drug-likeness (QED) is 0.609. The van der Waals surface area contributed by atoms with Crippen molar-refractivity contribution < 1.29 is 18.3 Å². The van der Waals surface area contributed by atoms with Gasteiger partial charge in [-0.3, -0.25) is 4.98 Å². The van der Waals surface area contributed by atoms with Crippen molar-refractivity contribution in [3.8, 4) is 11.8 Å². The number of carbonyl (C=O) groups excluding carboxylic acids is 1. The van der Waals surface area contributed by atoms with Crippen LogP contribution in [-0.2, 0) is 4.74 Å². The third-order valence-electron chi connectivity index (χ3n) is 4.39. The molecule has 4 rings (SSSR count). The lowest BCUT2D eigenvalue weighted by Gasteiger charge is -2.18. The summed E-state index contributed by atoms with van der Waals surface area (Å²) in [5, 5.41) is 3.15. The van der Waals surface area contributed by atoms with Crippen molar-refractivity contribution in [2.45, 2.75) is 12.1 Å². The van der Waals surface area contributed by atoms with Crippen molar-refractivity contribution in [2.24, 2.45) is 0 Å². The Hall–Kier alpha value is -3.43. The minimum Gasteiger partial charge on any atom is -0.439 e. The second-order valence-electron chi connectivity index (χ2n) is 6.35. The molecule has 3 aromatic rings. The Bertz CT molecular complexity index is 1140. The van der Waals surface area contributed by atoms with E-state index >= 15 is 0 Å². The maximum atomic E-state index is 14.2. The molecule has 2 atom stereocenters. The van der Waals surface area contributed by atoms with Gasteiger partial charge in [-0.05, 0) is 42.0 Å². The highest BCUT2D eigenvalue weighted by Crippen LogP contribution is 2.38. The molecule has 0 saturated carbocycles. The van der Waals surface area contributed by atoms with Crippen LogP contribution in [0.3, 0.4) is 0 Å². The average molecular weight is 411 g/mol. The van der Waals surface area contributed by atoms with Crippen molar-refractivity contribution in [1.29, 1.82) is 0 Å². The number of hydrogen-bond donors (Lipinski definition) is 1. The van der Waals surface area contributed by atoms with E-state index in [-0.39, 0.29) is 5.56 Å². The number of alkyl carbamates (subject to hydrolysis) is 1. The van der Waals surface area contributed by atoms with E-state index in [4.69, 9.17) is 16.3 Å². The van der Waals surface area contributed by atoms with Crippen LogP contribution in [0.25, 0.3) is 0 Å². The lowest BCUT2D eigenvalue weighted by atomic mass is 9.96. The van der Waals surface area contributed by atoms with Crippen LogP contribution >= 0.6 is 11.6 Å². The molecule has 1 aromatic heterocycles. The van der Waals surface area contributed by atoms with Crippen molar-refractivity contribution in [3.63, 3.8) is 0 Å². The van der Waals surface area contributed by atoms with E-state index < -0.39 is 29.9 Å². The molecule has 4 nitrogen and oxygen atoms in total. The highest BCUT2D eigenvalue weighted by atomic mass is 35.5. The SMILES string of the molecule is O=C1N[C@H](c2cncc(C#Cc3cccc(Cl)c3)c2)[C@@H](c2c(F)cccc2F)O1. The number of benzene rings is 2. The number of carbonyl (C=O) groups is 1. The molecular weight excluding hydrogens is 398 g/mol. The zero-order valence-electron chi connectivity index (χ0n) is 14.8. The zero-order valence-corrected chi connectivity index (χ0v) is 15.6.